The molecule has 7 heteroatoms. The summed E-state index contributed by atoms with van der Waals surface area (Å²) in [5.74, 6) is -1.89. The van der Waals surface area contributed by atoms with Crippen LogP contribution in [0.1, 0.15) is 0 Å². The molecule has 0 fully saturated rings. The van der Waals surface area contributed by atoms with Crippen molar-refractivity contribution in [3.8, 4) is 0 Å². The molecule has 3 nitrogen and oxygen atoms in total. The number of halogens is 3. The van der Waals surface area contributed by atoms with Crippen LogP contribution in [0.2, 0.25) is 0 Å². The zero-order valence-electron chi connectivity index (χ0n) is 4.01. The molecule has 0 radical (unpaired) electrons. The third-order valence-electron chi connectivity index (χ3n) is 0.523. The summed E-state index contributed by atoms with van der Waals surface area (Å²) in [6.45, 7) is 0. The topological polar surface area (TPSA) is 54.4 Å². The molecular formula is C2H3F3O3S. The average molecular weight is 164 g/mol. The van der Waals surface area contributed by atoms with Gasteiger partial charge in [-0.1, -0.05) is 0 Å². The molecule has 1 N–H and O–H groups in total. The summed E-state index contributed by atoms with van der Waals surface area (Å²) in [6.07, 6.45) is 0. The smallest absolute Gasteiger partial charge is 0.380 e. The summed E-state index contributed by atoms with van der Waals surface area (Å²) < 4.78 is 52.5. The number of aliphatic hydroxyl groups excluding tert-OH is 1. The second-order valence-electron chi connectivity index (χ2n) is 1.19. The number of hydrogen-bond acceptors (Lipinski definition) is 3. The first-order valence-corrected chi connectivity index (χ1v) is 3.36. The Hall–Kier alpha value is -0.300. The van der Waals surface area contributed by atoms with Crippen LogP contribution in [0.3, 0.4) is 0 Å². The molecule has 0 saturated carbocycles. The van der Waals surface area contributed by atoms with Crippen LogP contribution >= 0.6 is 0 Å². The number of hydrogen-bond donors (Lipinski definition) is 1. The molecule has 0 aliphatic carbocycles. The number of rotatable bonds is 1. The van der Waals surface area contributed by atoms with Crippen molar-refractivity contribution >= 4 is 9.84 Å². The Kier molecular flexibility index (Phi) is 2.07. The van der Waals surface area contributed by atoms with Gasteiger partial charge in [0.15, 0.2) is 5.94 Å². The minimum absolute atomic E-state index is 1.89. The van der Waals surface area contributed by atoms with Crippen LogP contribution in [0, 0.1) is 0 Å². The van der Waals surface area contributed by atoms with Gasteiger partial charge in [-0.15, -0.1) is 0 Å². The fourth-order valence-electron chi connectivity index (χ4n) is 0.0732. The van der Waals surface area contributed by atoms with E-state index in [0.29, 0.717) is 0 Å². The van der Waals surface area contributed by atoms with Crippen molar-refractivity contribution in [3.05, 3.63) is 0 Å². The molecule has 0 unspecified atom stereocenters. The summed E-state index contributed by atoms with van der Waals surface area (Å²) in [6, 6.07) is 0. The van der Waals surface area contributed by atoms with E-state index in [1.54, 1.807) is 0 Å². The van der Waals surface area contributed by atoms with Gasteiger partial charge < -0.3 is 5.11 Å². The molecule has 0 atom stereocenters. The van der Waals surface area contributed by atoms with Crippen LogP contribution < -0.4 is 0 Å². The Morgan fingerprint density at radius 2 is 1.67 bits per heavy atom. The molecular weight excluding hydrogens is 161 g/mol. The minimum atomic E-state index is -5.33. The maximum Gasteiger partial charge on any atom is 0.499 e. The van der Waals surface area contributed by atoms with Gasteiger partial charge in [0.1, 0.15) is 0 Å². The fraction of sp³-hybridized carbons (Fsp3) is 1.00. The lowest BCUT2D eigenvalue weighted by molar-refractivity contribution is -0.0451. The van der Waals surface area contributed by atoms with Crippen molar-refractivity contribution in [1.29, 1.82) is 0 Å². The third-order valence-corrected chi connectivity index (χ3v) is 1.57. The van der Waals surface area contributed by atoms with E-state index < -0.39 is 21.3 Å². The number of aliphatic hydroxyl groups is 1. The molecule has 0 rings (SSSR count). The number of sulfone groups is 1. The largest absolute Gasteiger partial charge is 0.499 e. The molecule has 56 valence electrons. The molecule has 0 heterocycles. The minimum Gasteiger partial charge on any atom is -0.380 e. The molecule has 0 aliphatic rings. The maximum atomic E-state index is 11.1. The first kappa shape index (κ1) is 8.70. The Balaban J connectivity index is 4.57. The van der Waals surface area contributed by atoms with Gasteiger partial charge in [0.05, 0.1) is 0 Å². The lowest BCUT2D eigenvalue weighted by Crippen LogP contribution is -2.25. The Labute approximate surface area is 49.0 Å². The van der Waals surface area contributed by atoms with Gasteiger partial charge in [-0.25, -0.2) is 8.42 Å². The zero-order valence-corrected chi connectivity index (χ0v) is 4.83. The van der Waals surface area contributed by atoms with Crippen molar-refractivity contribution in [2.45, 2.75) is 5.51 Å². The lowest BCUT2D eigenvalue weighted by Gasteiger charge is -2.02. The molecule has 9 heavy (non-hydrogen) atoms. The molecule has 0 saturated heterocycles. The zero-order chi connectivity index (χ0) is 7.71. The van der Waals surface area contributed by atoms with Gasteiger partial charge >= 0.3 is 5.51 Å². The van der Waals surface area contributed by atoms with Gasteiger partial charge in [0, 0.05) is 0 Å². The van der Waals surface area contributed by atoms with Crippen molar-refractivity contribution in [3.63, 3.8) is 0 Å². The Morgan fingerprint density at radius 1 is 1.33 bits per heavy atom. The van der Waals surface area contributed by atoms with Gasteiger partial charge in [-0.3, -0.25) is 0 Å². The van der Waals surface area contributed by atoms with Gasteiger partial charge in [0.2, 0.25) is 0 Å². The standard InChI is InChI=1S/C2H3F3O3S/c3-2(4,5)9(7,8)1-6/h6H,1H2. The van der Waals surface area contributed by atoms with E-state index in [1.807, 2.05) is 0 Å². The van der Waals surface area contributed by atoms with Crippen molar-refractivity contribution in [2.24, 2.45) is 0 Å². The van der Waals surface area contributed by atoms with Crippen LogP contribution in [0.15, 0.2) is 0 Å². The molecule has 0 aromatic rings. The van der Waals surface area contributed by atoms with Crippen molar-refractivity contribution in [1.82, 2.24) is 0 Å². The summed E-state index contributed by atoms with van der Waals surface area (Å²) in [4.78, 5) is 0. The highest BCUT2D eigenvalue weighted by molar-refractivity contribution is 7.92. The Bertz CT molecular complexity index is 178. The first-order chi connectivity index (χ1) is 3.81. The number of alkyl halides is 3. The van der Waals surface area contributed by atoms with E-state index in [2.05, 4.69) is 0 Å². The molecule has 0 aliphatic heterocycles. The highest BCUT2D eigenvalue weighted by Crippen LogP contribution is 2.22. The normalized spacial score (nSPS) is 13.8. The summed E-state index contributed by atoms with van der Waals surface area (Å²) in [7, 11) is -5.28. The quantitative estimate of drug-likeness (QED) is 0.587. The van der Waals surface area contributed by atoms with Crippen LogP contribution in [0.4, 0.5) is 13.2 Å². The van der Waals surface area contributed by atoms with E-state index in [-0.39, 0.29) is 0 Å². The fourth-order valence-corrected chi connectivity index (χ4v) is 0.220. The molecule has 0 amide bonds. The predicted octanol–water partition coefficient (Wildman–Crippen LogP) is -0.129. The summed E-state index contributed by atoms with van der Waals surface area (Å²) in [5, 5.41) is 7.62. The monoisotopic (exact) mass is 164 g/mol. The van der Waals surface area contributed by atoms with Gasteiger partial charge in [0.25, 0.3) is 9.84 Å². The van der Waals surface area contributed by atoms with Crippen LogP contribution in [0.25, 0.3) is 0 Å². The second-order valence-corrected chi connectivity index (χ2v) is 3.14. The van der Waals surface area contributed by atoms with Crippen LogP contribution in [-0.2, 0) is 9.84 Å². The van der Waals surface area contributed by atoms with Crippen molar-refractivity contribution in [2.75, 3.05) is 5.94 Å². The first-order valence-electron chi connectivity index (χ1n) is 1.71. The van der Waals surface area contributed by atoms with E-state index in [1.165, 1.54) is 0 Å². The second kappa shape index (κ2) is 2.14. The van der Waals surface area contributed by atoms with Crippen LogP contribution in [0.5, 0.6) is 0 Å². The molecule has 0 aromatic heterocycles. The molecule has 0 bridgehead atoms. The van der Waals surface area contributed by atoms with E-state index in [4.69, 9.17) is 5.11 Å². The summed E-state index contributed by atoms with van der Waals surface area (Å²) >= 11 is 0. The molecule has 0 aromatic carbocycles. The third kappa shape index (κ3) is 1.83. The Morgan fingerprint density at radius 3 is 1.67 bits per heavy atom. The molecule has 0 spiro atoms. The average Bonchev–Trinajstić information content (AvgIpc) is 1.64. The van der Waals surface area contributed by atoms with Gasteiger partial charge in [-0.05, 0) is 0 Å². The SMILES string of the molecule is O=S(=O)(CO)C(F)(F)F. The highest BCUT2D eigenvalue weighted by atomic mass is 32.2. The summed E-state index contributed by atoms with van der Waals surface area (Å²) in [5.41, 5.74) is -5.33. The predicted molar refractivity (Wildman–Crippen MR) is 22.1 cm³/mol. The van der Waals surface area contributed by atoms with E-state index >= 15 is 0 Å². The highest BCUT2D eigenvalue weighted by Gasteiger charge is 2.44. The van der Waals surface area contributed by atoms with Crippen molar-refractivity contribution < 1.29 is 26.7 Å². The van der Waals surface area contributed by atoms with E-state index in [9.17, 15) is 21.6 Å². The maximum absolute atomic E-state index is 11.1. The van der Waals surface area contributed by atoms with E-state index in [0.717, 1.165) is 0 Å². The van der Waals surface area contributed by atoms with Crippen LogP contribution in [-0.4, -0.2) is 25.0 Å². The lowest BCUT2D eigenvalue weighted by atomic mass is 11.5. The van der Waals surface area contributed by atoms with Gasteiger partial charge in [-0.2, -0.15) is 13.2 Å².